The van der Waals surface area contributed by atoms with Crippen LogP contribution < -0.4 is 10.6 Å². The van der Waals surface area contributed by atoms with Gasteiger partial charge in [0.25, 0.3) is 0 Å². The number of anilines is 2. The molecule has 2 N–H and O–H groups in total. The molecule has 1 aliphatic rings. The van der Waals surface area contributed by atoms with Crippen LogP contribution in [0.25, 0.3) is 0 Å². The lowest BCUT2D eigenvalue weighted by Crippen LogP contribution is -2.45. The standard InChI is InChI=1S/C13H20ClN3/c1-16-7-3-4-11(9-16)17(2)13-8-10(14)5-6-12(13)15/h5-6,8,11H,3-4,7,9,15H2,1-2H3. The highest BCUT2D eigenvalue weighted by molar-refractivity contribution is 6.31. The van der Waals surface area contributed by atoms with Gasteiger partial charge in [-0.3, -0.25) is 0 Å². The molecule has 0 amide bonds. The molecule has 94 valence electrons. The van der Waals surface area contributed by atoms with Crippen molar-refractivity contribution < 1.29 is 0 Å². The number of halogens is 1. The predicted octanol–water partition coefficient (Wildman–Crippen LogP) is 2.45. The molecule has 1 aliphatic heterocycles. The van der Waals surface area contributed by atoms with Gasteiger partial charge in [0.15, 0.2) is 0 Å². The average Bonchev–Trinajstić information content (AvgIpc) is 2.31. The summed E-state index contributed by atoms with van der Waals surface area (Å²) in [5.74, 6) is 0. The second-order valence-corrected chi connectivity index (χ2v) is 5.31. The first-order chi connectivity index (χ1) is 8.08. The van der Waals surface area contributed by atoms with E-state index < -0.39 is 0 Å². The van der Waals surface area contributed by atoms with E-state index in [1.165, 1.54) is 19.4 Å². The van der Waals surface area contributed by atoms with Crippen LogP contribution in [0.5, 0.6) is 0 Å². The van der Waals surface area contributed by atoms with Gasteiger partial charge in [-0.15, -0.1) is 0 Å². The molecule has 1 unspecified atom stereocenters. The van der Waals surface area contributed by atoms with E-state index in [0.29, 0.717) is 6.04 Å². The van der Waals surface area contributed by atoms with Gasteiger partial charge in [-0.2, -0.15) is 0 Å². The van der Waals surface area contributed by atoms with Crippen LogP contribution in [0.4, 0.5) is 11.4 Å². The summed E-state index contributed by atoms with van der Waals surface area (Å²) in [7, 11) is 4.27. The zero-order valence-electron chi connectivity index (χ0n) is 10.5. The molecule has 17 heavy (non-hydrogen) atoms. The van der Waals surface area contributed by atoms with Crippen LogP contribution in [0.1, 0.15) is 12.8 Å². The van der Waals surface area contributed by atoms with E-state index in [1.807, 2.05) is 18.2 Å². The van der Waals surface area contributed by atoms with Crippen LogP contribution in [0.3, 0.4) is 0 Å². The third-order valence-corrected chi connectivity index (χ3v) is 3.75. The predicted molar refractivity (Wildman–Crippen MR) is 74.8 cm³/mol. The van der Waals surface area contributed by atoms with E-state index >= 15 is 0 Å². The second-order valence-electron chi connectivity index (χ2n) is 4.87. The summed E-state index contributed by atoms with van der Waals surface area (Å²) >= 11 is 6.04. The van der Waals surface area contributed by atoms with Crippen molar-refractivity contribution in [3.63, 3.8) is 0 Å². The third kappa shape index (κ3) is 2.85. The Hall–Kier alpha value is -0.930. The van der Waals surface area contributed by atoms with Gasteiger partial charge < -0.3 is 15.5 Å². The molecule has 3 nitrogen and oxygen atoms in total. The van der Waals surface area contributed by atoms with E-state index in [1.54, 1.807) is 0 Å². The first kappa shape index (κ1) is 12.5. The Morgan fingerprint density at radius 2 is 2.24 bits per heavy atom. The van der Waals surface area contributed by atoms with Gasteiger partial charge in [-0.25, -0.2) is 0 Å². The van der Waals surface area contributed by atoms with Crippen molar-refractivity contribution in [2.24, 2.45) is 0 Å². The van der Waals surface area contributed by atoms with E-state index in [2.05, 4.69) is 23.9 Å². The maximum absolute atomic E-state index is 6.04. The molecular weight excluding hydrogens is 234 g/mol. The Balaban J connectivity index is 2.18. The van der Waals surface area contributed by atoms with Crippen molar-refractivity contribution in [3.8, 4) is 0 Å². The summed E-state index contributed by atoms with van der Waals surface area (Å²) in [5.41, 5.74) is 7.85. The quantitative estimate of drug-likeness (QED) is 0.822. The van der Waals surface area contributed by atoms with Crippen LogP contribution >= 0.6 is 11.6 Å². The summed E-state index contributed by atoms with van der Waals surface area (Å²) < 4.78 is 0. The zero-order chi connectivity index (χ0) is 12.4. The summed E-state index contributed by atoms with van der Waals surface area (Å²) in [5, 5.41) is 0.741. The first-order valence-electron chi connectivity index (χ1n) is 6.04. The first-order valence-corrected chi connectivity index (χ1v) is 6.42. The SMILES string of the molecule is CN1CCCC(N(C)c2cc(Cl)ccc2N)C1. The fraction of sp³-hybridized carbons (Fsp3) is 0.538. The molecule has 0 aromatic heterocycles. The lowest BCUT2D eigenvalue weighted by molar-refractivity contribution is 0.248. The molecule has 1 aromatic rings. The number of nitrogen functional groups attached to an aromatic ring is 1. The Morgan fingerprint density at radius 3 is 2.94 bits per heavy atom. The van der Waals surface area contributed by atoms with Crippen molar-refractivity contribution in [1.29, 1.82) is 0 Å². The van der Waals surface area contributed by atoms with Gasteiger partial charge in [-0.1, -0.05) is 11.6 Å². The number of rotatable bonds is 2. The van der Waals surface area contributed by atoms with Crippen molar-refractivity contribution in [2.75, 3.05) is 37.8 Å². The molecular formula is C13H20ClN3. The van der Waals surface area contributed by atoms with Gasteiger partial charge in [0.1, 0.15) is 0 Å². The smallest absolute Gasteiger partial charge is 0.0615 e. The van der Waals surface area contributed by atoms with E-state index in [0.717, 1.165) is 22.9 Å². The molecule has 0 bridgehead atoms. The maximum atomic E-state index is 6.04. The monoisotopic (exact) mass is 253 g/mol. The Labute approximate surface area is 108 Å². The van der Waals surface area contributed by atoms with E-state index in [-0.39, 0.29) is 0 Å². The molecule has 2 rings (SSSR count). The highest BCUT2D eigenvalue weighted by Gasteiger charge is 2.22. The molecule has 1 aromatic carbocycles. The van der Waals surface area contributed by atoms with Gasteiger partial charge in [0, 0.05) is 24.7 Å². The molecule has 1 saturated heterocycles. The molecule has 1 atom stereocenters. The van der Waals surface area contributed by atoms with Crippen molar-refractivity contribution >= 4 is 23.0 Å². The largest absolute Gasteiger partial charge is 0.397 e. The topological polar surface area (TPSA) is 32.5 Å². The van der Waals surface area contributed by atoms with Crippen LogP contribution in [0.15, 0.2) is 18.2 Å². The lowest BCUT2D eigenvalue weighted by atomic mass is 10.0. The van der Waals surface area contributed by atoms with E-state index in [9.17, 15) is 0 Å². The molecule has 1 heterocycles. The van der Waals surface area contributed by atoms with Crippen molar-refractivity contribution in [2.45, 2.75) is 18.9 Å². The Kier molecular flexibility index (Phi) is 3.79. The zero-order valence-corrected chi connectivity index (χ0v) is 11.2. The minimum Gasteiger partial charge on any atom is -0.397 e. The van der Waals surface area contributed by atoms with Crippen molar-refractivity contribution in [3.05, 3.63) is 23.2 Å². The number of benzene rings is 1. The van der Waals surface area contributed by atoms with E-state index in [4.69, 9.17) is 17.3 Å². The maximum Gasteiger partial charge on any atom is 0.0615 e. The van der Waals surface area contributed by atoms with Gasteiger partial charge in [-0.05, 0) is 44.6 Å². The summed E-state index contributed by atoms with van der Waals surface area (Å²) in [6.45, 7) is 2.28. The third-order valence-electron chi connectivity index (χ3n) is 3.52. The minimum absolute atomic E-state index is 0.523. The van der Waals surface area contributed by atoms with Gasteiger partial charge >= 0.3 is 0 Å². The average molecular weight is 254 g/mol. The molecule has 0 spiro atoms. The Bertz CT molecular complexity index is 394. The highest BCUT2D eigenvalue weighted by Crippen LogP contribution is 2.29. The molecule has 0 aliphatic carbocycles. The minimum atomic E-state index is 0.523. The summed E-state index contributed by atoms with van der Waals surface area (Å²) in [6.07, 6.45) is 2.46. The number of nitrogens with zero attached hydrogens (tertiary/aromatic N) is 2. The van der Waals surface area contributed by atoms with Crippen LogP contribution in [0.2, 0.25) is 5.02 Å². The molecule has 1 fully saturated rings. The second kappa shape index (κ2) is 5.15. The fourth-order valence-corrected chi connectivity index (χ4v) is 2.64. The summed E-state index contributed by atoms with van der Waals surface area (Å²) in [4.78, 5) is 4.63. The number of likely N-dealkylation sites (N-methyl/N-ethyl adjacent to an activating group) is 2. The van der Waals surface area contributed by atoms with Crippen LogP contribution in [-0.2, 0) is 0 Å². The number of nitrogens with two attached hydrogens (primary N) is 1. The van der Waals surface area contributed by atoms with Gasteiger partial charge in [0.2, 0.25) is 0 Å². The number of likely N-dealkylation sites (tertiary alicyclic amines) is 1. The fourth-order valence-electron chi connectivity index (χ4n) is 2.47. The molecule has 4 heteroatoms. The van der Waals surface area contributed by atoms with Crippen LogP contribution in [0, 0.1) is 0 Å². The van der Waals surface area contributed by atoms with Crippen molar-refractivity contribution in [1.82, 2.24) is 4.90 Å². The highest BCUT2D eigenvalue weighted by atomic mass is 35.5. The number of hydrogen-bond donors (Lipinski definition) is 1. The molecule has 0 saturated carbocycles. The Morgan fingerprint density at radius 1 is 1.47 bits per heavy atom. The van der Waals surface area contributed by atoms with Gasteiger partial charge in [0.05, 0.1) is 11.4 Å². The summed E-state index contributed by atoms with van der Waals surface area (Å²) in [6, 6.07) is 6.18. The lowest BCUT2D eigenvalue weighted by Gasteiger charge is -2.37. The van der Waals surface area contributed by atoms with Crippen LogP contribution in [-0.4, -0.2) is 38.1 Å². The number of hydrogen-bond acceptors (Lipinski definition) is 3. The number of piperidine rings is 1. The molecule has 0 radical (unpaired) electrons. The normalized spacial score (nSPS) is 21.5.